The number of amides is 2. The minimum absolute atomic E-state index is 0.0838. The maximum atomic E-state index is 12.2. The Kier molecular flexibility index (Phi) is 5.37. The lowest BCUT2D eigenvalue weighted by molar-refractivity contribution is -0.147. The highest BCUT2D eigenvalue weighted by Gasteiger charge is 2.32. The maximum Gasteiger partial charge on any atom is 0.251 e. The molecule has 0 saturated carbocycles. The van der Waals surface area contributed by atoms with Crippen LogP contribution < -0.4 is 5.73 Å². The van der Waals surface area contributed by atoms with E-state index < -0.39 is 0 Å². The molecule has 0 radical (unpaired) electrons. The normalized spacial score (nSPS) is 24.8. The summed E-state index contributed by atoms with van der Waals surface area (Å²) in [5.74, 6) is 0.120. The van der Waals surface area contributed by atoms with Gasteiger partial charge in [0.25, 0.3) is 5.91 Å². The third kappa shape index (κ3) is 3.30. The van der Waals surface area contributed by atoms with Crippen LogP contribution in [0, 0.1) is 5.92 Å². The first-order chi connectivity index (χ1) is 9.67. The van der Waals surface area contributed by atoms with Crippen LogP contribution in [0.2, 0.25) is 0 Å². The number of nitrogens with two attached hydrogens (primary N) is 1. The van der Waals surface area contributed by atoms with Crippen molar-refractivity contribution in [1.29, 1.82) is 0 Å². The van der Waals surface area contributed by atoms with Gasteiger partial charge in [-0.3, -0.25) is 9.59 Å². The van der Waals surface area contributed by atoms with Crippen LogP contribution in [0.5, 0.6) is 0 Å². The van der Waals surface area contributed by atoms with Gasteiger partial charge < -0.3 is 20.3 Å². The summed E-state index contributed by atoms with van der Waals surface area (Å²) in [7, 11) is 0. The van der Waals surface area contributed by atoms with Crippen molar-refractivity contribution in [3.63, 3.8) is 0 Å². The number of hydrogen-bond donors (Lipinski definition) is 1. The monoisotopic (exact) mass is 283 g/mol. The molecule has 2 atom stereocenters. The van der Waals surface area contributed by atoms with Gasteiger partial charge in [0, 0.05) is 39.3 Å². The van der Waals surface area contributed by atoms with E-state index in [1.54, 1.807) is 0 Å². The van der Waals surface area contributed by atoms with Gasteiger partial charge in [0.2, 0.25) is 5.91 Å². The Morgan fingerprint density at radius 2 is 1.90 bits per heavy atom. The van der Waals surface area contributed by atoms with Crippen LogP contribution in [0.4, 0.5) is 0 Å². The van der Waals surface area contributed by atoms with Crippen LogP contribution in [0.15, 0.2) is 0 Å². The van der Waals surface area contributed by atoms with Crippen LogP contribution in [0.3, 0.4) is 0 Å². The van der Waals surface area contributed by atoms with E-state index in [1.165, 1.54) is 0 Å². The van der Waals surface area contributed by atoms with E-state index >= 15 is 0 Å². The van der Waals surface area contributed by atoms with E-state index in [2.05, 4.69) is 0 Å². The van der Waals surface area contributed by atoms with Crippen molar-refractivity contribution in [2.45, 2.75) is 32.3 Å². The van der Waals surface area contributed by atoms with Crippen molar-refractivity contribution < 1.29 is 14.3 Å². The van der Waals surface area contributed by atoms with Gasteiger partial charge in [0.05, 0.1) is 5.92 Å². The smallest absolute Gasteiger partial charge is 0.251 e. The highest BCUT2D eigenvalue weighted by molar-refractivity contribution is 5.82. The number of hydrogen-bond acceptors (Lipinski definition) is 4. The molecule has 2 aliphatic heterocycles. The molecule has 114 valence electrons. The molecule has 0 aliphatic carbocycles. The van der Waals surface area contributed by atoms with Gasteiger partial charge in [-0.05, 0) is 19.3 Å². The molecule has 0 bridgehead atoms. The molecular weight excluding hydrogens is 258 g/mol. The molecule has 0 spiro atoms. The summed E-state index contributed by atoms with van der Waals surface area (Å²) in [6, 6.07) is 0. The van der Waals surface area contributed by atoms with Crippen LogP contribution in [-0.2, 0) is 14.3 Å². The molecule has 6 nitrogen and oxygen atoms in total. The Balaban J connectivity index is 1.82. The summed E-state index contributed by atoms with van der Waals surface area (Å²) in [5, 5.41) is 0. The average molecular weight is 283 g/mol. The highest BCUT2D eigenvalue weighted by atomic mass is 16.5. The number of piperazine rings is 1. The Morgan fingerprint density at radius 3 is 2.40 bits per heavy atom. The molecule has 2 aliphatic rings. The molecule has 20 heavy (non-hydrogen) atoms. The van der Waals surface area contributed by atoms with E-state index in [4.69, 9.17) is 10.5 Å². The van der Waals surface area contributed by atoms with Crippen LogP contribution in [-0.4, -0.2) is 67.0 Å². The molecule has 2 unspecified atom stereocenters. The van der Waals surface area contributed by atoms with Crippen LogP contribution >= 0.6 is 0 Å². The highest BCUT2D eigenvalue weighted by Crippen LogP contribution is 2.16. The first-order valence-electron chi connectivity index (χ1n) is 7.56. The predicted molar refractivity (Wildman–Crippen MR) is 75.0 cm³/mol. The van der Waals surface area contributed by atoms with Gasteiger partial charge in [0.15, 0.2) is 0 Å². The lowest BCUT2D eigenvalue weighted by Gasteiger charge is -2.37. The summed E-state index contributed by atoms with van der Waals surface area (Å²) in [6.07, 6.45) is 2.29. The predicted octanol–water partition coefficient (Wildman–Crippen LogP) is -0.179. The molecule has 2 amide bonds. The van der Waals surface area contributed by atoms with Crippen molar-refractivity contribution in [3.05, 3.63) is 0 Å². The van der Waals surface area contributed by atoms with Crippen molar-refractivity contribution in [2.75, 3.05) is 39.3 Å². The first-order valence-corrected chi connectivity index (χ1v) is 7.56. The number of nitrogens with zero attached hydrogens (tertiary/aromatic N) is 2. The Morgan fingerprint density at radius 1 is 1.25 bits per heavy atom. The van der Waals surface area contributed by atoms with Crippen LogP contribution in [0.1, 0.15) is 26.2 Å². The van der Waals surface area contributed by atoms with Gasteiger partial charge in [-0.15, -0.1) is 0 Å². The molecule has 2 N–H and O–H groups in total. The summed E-state index contributed by atoms with van der Waals surface area (Å²) in [6.45, 7) is 5.47. The molecule has 0 aromatic rings. The van der Waals surface area contributed by atoms with E-state index in [0.29, 0.717) is 39.3 Å². The maximum absolute atomic E-state index is 12.2. The van der Waals surface area contributed by atoms with Crippen molar-refractivity contribution >= 4 is 11.8 Å². The first kappa shape index (κ1) is 15.3. The molecule has 0 aromatic heterocycles. The van der Waals surface area contributed by atoms with E-state index in [0.717, 1.165) is 19.3 Å². The minimum Gasteiger partial charge on any atom is -0.368 e. The van der Waals surface area contributed by atoms with Crippen LogP contribution in [0.25, 0.3) is 0 Å². The topological polar surface area (TPSA) is 75.9 Å². The molecule has 2 fully saturated rings. The van der Waals surface area contributed by atoms with Crippen molar-refractivity contribution in [1.82, 2.24) is 9.80 Å². The van der Waals surface area contributed by atoms with E-state index in [1.807, 2.05) is 16.7 Å². The third-order valence-electron chi connectivity index (χ3n) is 4.23. The fourth-order valence-electron chi connectivity index (χ4n) is 2.82. The second-order valence-corrected chi connectivity index (χ2v) is 5.49. The number of rotatable bonds is 4. The third-order valence-corrected chi connectivity index (χ3v) is 4.23. The summed E-state index contributed by atoms with van der Waals surface area (Å²) in [4.78, 5) is 28.1. The van der Waals surface area contributed by atoms with Crippen molar-refractivity contribution in [3.8, 4) is 0 Å². The fraction of sp³-hybridized carbons (Fsp3) is 0.857. The van der Waals surface area contributed by atoms with Gasteiger partial charge in [-0.2, -0.15) is 0 Å². The van der Waals surface area contributed by atoms with Gasteiger partial charge >= 0.3 is 0 Å². The minimum atomic E-state index is -0.260. The molecule has 6 heteroatoms. The van der Waals surface area contributed by atoms with Gasteiger partial charge in [-0.1, -0.05) is 6.92 Å². The zero-order valence-corrected chi connectivity index (χ0v) is 12.2. The Hall–Kier alpha value is -1.14. The van der Waals surface area contributed by atoms with Crippen molar-refractivity contribution in [2.24, 2.45) is 11.7 Å². The lowest BCUT2D eigenvalue weighted by Crippen LogP contribution is -2.54. The number of carbonyl (C=O) groups is 2. The lowest BCUT2D eigenvalue weighted by atomic mass is 10.0. The fourth-order valence-corrected chi connectivity index (χ4v) is 2.82. The standard InChI is InChI=1S/C14H25N3O3/c1-2-11(10-15)13(18)16-5-7-17(8-6-16)14(19)12-4-3-9-20-12/h11-12H,2-10,15H2,1H3. The quantitative estimate of drug-likeness (QED) is 0.776. The number of ether oxygens (including phenoxy) is 1. The Bertz CT molecular complexity index is 322. The summed E-state index contributed by atoms with van der Waals surface area (Å²) < 4.78 is 5.43. The SMILES string of the molecule is CCC(CN)C(=O)N1CCN(C(=O)C2CCCO2)CC1. The molecule has 2 rings (SSSR count). The second kappa shape index (κ2) is 7.04. The zero-order valence-electron chi connectivity index (χ0n) is 12.2. The molecular formula is C14H25N3O3. The summed E-state index contributed by atoms with van der Waals surface area (Å²) in [5.41, 5.74) is 5.62. The molecule has 2 saturated heterocycles. The molecule has 2 heterocycles. The van der Waals surface area contributed by atoms with Gasteiger partial charge in [-0.25, -0.2) is 0 Å². The Labute approximate surface area is 120 Å². The van der Waals surface area contributed by atoms with E-state index in [-0.39, 0.29) is 23.8 Å². The van der Waals surface area contributed by atoms with E-state index in [9.17, 15) is 9.59 Å². The zero-order chi connectivity index (χ0) is 14.5. The molecule has 0 aromatic carbocycles. The largest absolute Gasteiger partial charge is 0.368 e. The van der Waals surface area contributed by atoms with Gasteiger partial charge in [0.1, 0.15) is 6.10 Å². The second-order valence-electron chi connectivity index (χ2n) is 5.49. The summed E-state index contributed by atoms with van der Waals surface area (Å²) >= 11 is 0. The number of carbonyl (C=O) groups excluding carboxylic acids is 2. The average Bonchev–Trinajstić information content (AvgIpc) is 3.02.